The maximum atomic E-state index is 12.5. The van der Waals surface area contributed by atoms with E-state index in [-0.39, 0.29) is 13.0 Å². The molecule has 0 aliphatic carbocycles. The Morgan fingerprint density at radius 1 is 1.42 bits per heavy atom. The summed E-state index contributed by atoms with van der Waals surface area (Å²) in [6.07, 6.45) is -1.11. The van der Waals surface area contributed by atoms with E-state index in [4.69, 9.17) is 10.2 Å². The fraction of sp³-hybridized carbons (Fsp3) is 0.667. The minimum Gasteiger partial charge on any atom is -0.481 e. The molecule has 8 nitrogen and oxygen atoms in total. The first-order valence-electron chi connectivity index (χ1n) is 5.26. The second kappa shape index (κ2) is 5.51. The molecule has 1 heterocycles. The molecule has 2 atom stereocenters. The van der Waals surface area contributed by atoms with Crippen molar-refractivity contribution in [1.82, 2.24) is 4.90 Å². The van der Waals surface area contributed by atoms with Crippen LogP contribution < -0.4 is 0 Å². The van der Waals surface area contributed by atoms with Crippen molar-refractivity contribution in [2.24, 2.45) is 5.92 Å². The lowest BCUT2D eigenvalue weighted by Gasteiger charge is -2.23. The molecule has 1 amide bonds. The third kappa shape index (κ3) is 4.47. The van der Waals surface area contributed by atoms with Crippen LogP contribution in [0.1, 0.15) is 12.8 Å². The average Bonchev–Trinajstić information content (AvgIpc) is 2.52. The maximum Gasteiger partial charge on any atom is 0.327 e. The minimum absolute atomic E-state index is 0.285. The van der Waals surface area contributed by atoms with Gasteiger partial charge in [0, 0.05) is 18.9 Å². The summed E-state index contributed by atoms with van der Waals surface area (Å²) < 4.78 is 33.4. The number of hydrogen-bond donors (Lipinski definition) is 2. The van der Waals surface area contributed by atoms with Gasteiger partial charge in [0.1, 0.15) is 6.04 Å². The second-order valence-electron chi connectivity index (χ2n) is 4.27. The molecule has 10 heteroatoms. The summed E-state index contributed by atoms with van der Waals surface area (Å²) in [5, 5.41) is 17.4. The SMILES string of the molecule is O=C(O)C[C@@H](C(=O)O)N1CC(CS(=O)(=O)F)CC1=O. The van der Waals surface area contributed by atoms with Crippen LogP contribution in [0, 0.1) is 5.92 Å². The van der Waals surface area contributed by atoms with Crippen LogP contribution in [0.25, 0.3) is 0 Å². The van der Waals surface area contributed by atoms with Gasteiger partial charge in [0.05, 0.1) is 12.2 Å². The quantitative estimate of drug-likeness (QED) is 0.605. The lowest BCUT2D eigenvalue weighted by Crippen LogP contribution is -2.43. The third-order valence-electron chi connectivity index (χ3n) is 2.70. The summed E-state index contributed by atoms with van der Waals surface area (Å²) in [6, 6.07) is -1.57. The van der Waals surface area contributed by atoms with Gasteiger partial charge in [-0.15, -0.1) is 3.89 Å². The maximum absolute atomic E-state index is 12.5. The molecule has 0 bridgehead atoms. The molecule has 0 saturated carbocycles. The Morgan fingerprint density at radius 2 is 2.00 bits per heavy atom. The van der Waals surface area contributed by atoms with E-state index in [1.165, 1.54) is 0 Å². The topological polar surface area (TPSA) is 129 Å². The summed E-state index contributed by atoms with van der Waals surface area (Å²) in [4.78, 5) is 33.8. The zero-order valence-electron chi connectivity index (χ0n) is 9.65. The fourth-order valence-corrected chi connectivity index (χ4v) is 2.79. The highest BCUT2D eigenvalue weighted by Gasteiger charge is 2.40. The van der Waals surface area contributed by atoms with E-state index >= 15 is 0 Å². The van der Waals surface area contributed by atoms with Crippen molar-refractivity contribution in [3.05, 3.63) is 0 Å². The molecule has 1 saturated heterocycles. The molecule has 0 radical (unpaired) electrons. The van der Waals surface area contributed by atoms with E-state index in [2.05, 4.69) is 0 Å². The number of amides is 1. The van der Waals surface area contributed by atoms with Gasteiger partial charge in [0.2, 0.25) is 5.91 Å². The van der Waals surface area contributed by atoms with Crippen LogP contribution in [-0.4, -0.2) is 59.7 Å². The molecule has 1 aliphatic heterocycles. The summed E-state index contributed by atoms with van der Waals surface area (Å²) in [6.45, 7) is -0.285. The van der Waals surface area contributed by atoms with E-state index < -0.39 is 52.2 Å². The van der Waals surface area contributed by atoms with Crippen molar-refractivity contribution in [3.8, 4) is 0 Å². The molecular formula is C9H12FNO7S. The number of aliphatic carboxylic acids is 2. The van der Waals surface area contributed by atoms with Crippen molar-refractivity contribution in [1.29, 1.82) is 0 Å². The monoisotopic (exact) mass is 297 g/mol. The molecule has 1 aliphatic rings. The molecule has 108 valence electrons. The number of hydrogen-bond acceptors (Lipinski definition) is 5. The number of rotatable bonds is 6. The van der Waals surface area contributed by atoms with Crippen molar-refractivity contribution in [2.75, 3.05) is 12.3 Å². The first kappa shape index (κ1) is 15.3. The Morgan fingerprint density at radius 3 is 2.42 bits per heavy atom. The van der Waals surface area contributed by atoms with Gasteiger partial charge in [-0.1, -0.05) is 0 Å². The number of nitrogens with zero attached hydrogens (tertiary/aromatic N) is 1. The van der Waals surface area contributed by atoms with E-state index in [0.29, 0.717) is 0 Å². The van der Waals surface area contributed by atoms with Gasteiger partial charge in [-0.3, -0.25) is 9.59 Å². The number of likely N-dealkylation sites (tertiary alicyclic amines) is 1. The number of carbonyl (C=O) groups is 3. The Bertz CT molecular complexity index is 503. The normalized spacial score (nSPS) is 21.4. The van der Waals surface area contributed by atoms with Crippen molar-refractivity contribution >= 4 is 28.1 Å². The number of carboxylic acids is 2. The second-order valence-corrected chi connectivity index (χ2v) is 5.68. The minimum atomic E-state index is -4.77. The average molecular weight is 297 g/mol. The summed E-state index contributed by atoms with van der Waals surface area (Å²) in [5.74, 6) is -5.34. The van der Waals surface area contributed by atoms with Crippen LogP contribution in [-0.2, 0) is 24.6 Å². The lowest BCUT2D eigenvalue weighted by molar-refractivity contribution is -0.153. The molecule has 1 fully saturated rings. The number of carboxylic acid groups (broad SMARTS) is 2. The molecule has 0 spiro atoms. The van der Waals surface area contributed by atoms with Gasteiger partial charge in [0.25, 0.3) is 0 Å². The fourth-order valence-electron chi connectivity index (χ4n) is 2.00. The van der Waals surface area contributed by atoms with Crippen molar-refractivity contribution in [3.63, 3.8) is 0 Å². The molecule has 1 unspecified atom stereocenters. The van der Waals surface area contributed by atoms with Gasteiger partial charge in [0.15, 0.2) is 0 Å². The smallest absolute Gasteiger partial charge is 0.327 e. The Hall–Kier alpha value is -1.71. The number of halogens is 1. The first-order valence-corrected chi connectivity index (χ1v) is 6.82. The number of carbonyl (C=O) groups excluding carboxylic acids is 1. The molecule has 0 aromatic carbocycles. The highest BCUT2D eigenvalue weighted by atomic mass is 32.3. The van der Waals surface area contributed by atoms with E-state index in [1.54, 1.807) is 0 Å². The molecule has 2 N–H and O–H groups in total. The van der Waals surface area contributed by atoms with Crippen LogP contribution in [0.15, 0.2) is 0 Å². The predicted octanol–water partition coefficient (Wildman–Crippen LogP) is -0.938. The highest BCUT2D eigenvalue weighted by molar-refractivity contribution is 7.86. The van der Waals surface area contributed by atoms with Gasteiger partial charge in [-0.25, -0.2) is 4.79 Å². The molecule has 19 heavy (non-hydrogen) atoms. The Labute approximate surface area is 108 Å². The largest absolute Gasteiger partial charge is 0.481 e. The van der Waals surface area contributed by atoms with E-state index in [0.717, 1.165) is 4.90 Å². The van der Waals surface area contributed by atoms with Crippen LogP contribution in [0.2, 0.25) is 0 Å². The molecular weight excluding hydrogens is 285 g/mol. The van der Waals surface area contributed by atoms with Crippen LogP contribution in [0.5, 0.6) is 0 Å². The van der Waals surface area contributed by atoms with E-state index in [1.807, 2.05) is 0 Å². The van der Waals surface area contributed by atoms with Crippen LogP contribution in [0.3, 0.4) is 0 Å². The zero-order chi connectivity index (χ0) is 14.8. The van der Waals surface area contributed by atoms with Crippen molar-refractivity contribution < 1.29 is 36.9 Å². The summed E-state index contributed by atoms with van der Waals surface area (Å²) in [7, 11) is -4.77. The Kier molecular flexibility index (Phi) is 4.45. The molecule has 1 rings (SSSR count). The van der Waals surface area contributed by atoms with Crippen LogP contribution in [0.4, 0.5) is 3.89 Å². The van der Waals surface area contributed by atoms with Crippen LogP contribution >= 0.6 is 0 Å². The zero-order valence-corrected chi connectivity index (χ0v) is 10.5. The summed E-state index contributed by atoms with van der Waals surface area (Å²) >= 11 is 0. The molecule has 0 aromatic heterocycles. The van der Waals surface area contributed by atoms with Gasteiger partial charge in [-0.2, -0.15) is 8.42 Å². The highest BCUT2D eigenvalue weighted by Crippen LogP contribution is 2.23. The van der Waals surface area contributed by atoms with Gasteiger partial charge >= 0.3 is 22.2 Å². The van der Waals surface area contributed by atoms with Gasteiger partial charge < -0.3 is 15.1 Å². The third-order valence-corrected chi connectivity index (χ3v) is 3.57. The Balaban J connectivity index is 2.80. The first-order chi connectivity index (χ1) is 8.60. The lowest BCUT2D eigenvalue weighted by atomic mass is 10.1. The predicted molar refractivity (Wildman–Crippen MR) is 58.4 cm³/mol. The summed E-state index contributed by atoms with van der Waals surface area (Å²) in [5.41, 5.74) is 0. The molecule has 0 aromatic rings. The van der Waals surface area contributed by atoms with Crippen molar-refractivity contribution in [2.45, 2.75) is 18.9 Å². The van der Waals surface area contributed by atoms with Gasteiger partial charge in [-0.05, 0) is 0 Å². The standard InChI is InChI=1S/C9H12FNO7S/c10-19(17,18)4-5-1-7(12)11(3-5)6(9(15)16)2-8(13)14/h5-6H,1-4H2,(H,13,14)(H,15,16)/t5?,6-/m0/s1. The van der Waals surface area contributed by atoms with E-state index in [9.17, 15) is 26.7 Å².